The molecule has 0 saturated carbocycles. The number of rotatable bonds is 9. The minimum absolute atomic E-state index is 0.0541. The zero-order valence-electron chi connectivity index (χ0n) is 20.4. The summed E-state index contributed by atoms with van der Waals surface area (Å²) in [4.78, 5) is 25.7. The number of fused-ring (bicyclic) bond motifs is 1. The molecule has 2 N–H and O–H groups in total. The first-order chi connectivity index (χ1) is 17.4. The topological polar surface area (TPSA) is 88.9 Å². The van der Waals surface area contributed by atoms with Crippen LogP contribution >= 0.6 is 23.4 Å². The summed E-state index contributed by atoms with van der Waals surface area (Å²) in [5.74, 6) is 0.479. The Balaban J connectivity index is 1.47. The van der Waals surface area contributed by atoms with Crippen LogP contribution < -0.4 is 10.6 Å². The van der Waals surface area contributed by atoms with Gasteiger partial charge in [-0.05, 0) is 36.4 Å². The number of anilines is 1. The summed E-state index contributed by atoms with van der Waals surface area (Å²) < 4.78 is 1.94. The van der Waals surface area contributed by atoms with Crippen molar-refractivity contribution < 1.29 is 9.59 Å². The fourth-order valence-corrected chi connectivity index (χ4v) is 5.01. The summed E-state index contributed by atoms with van der Waals surface area (Å²) in [5, 5.41) is 17.9. The van der Waals surface area contributed by atoms with Crippen LogP contribution in [0.15, 0.2) is 71.9 Å². The third-order valence-electron chi connectivity index (χ3n) is 5.81. The van der Waals surface area contributed by atoms with Crippen LogP contribution in [-0.4, -0.2) is 32.3 Å². The first-order valence-corrected chi connectivity index (χ1v) is 13.1. The average Bonchev–Trinajstić information content (AvgIpc) is 3.28. The Kier molecular flexibility index (Phi) is 8.28. The fourth-order valence-electron chi connectivity index (χ4n) is 3.98. The standard InChI is InChI=1S/C27H28ClN5O2S/c1-4-33-25(24(17(2)3)30-26(35)20-13-7-8-14-21(20)28)31-32-27(33)36-16-23(34)29-22-15-9-11-18-10-5-6-12-19(18)22/h5-15,17,24H,4,16H2,1-3H3,(H,29,34)(H,30,35)/t24-/m0/s1. The number of aromatic nitrogens is 3. The first-order valence-electron chi connectivity index (χ1n) is 11.8. The molecule has 2 amide bonds. The number of benzene rings is 3. The normalized spacial score (nSPS) is 12.0. The van der Waals surface area contributed by atoms with E-state index < -0.39 is 0 Å². The van der Waals surface area contributed by atoms with E-state index in [1.807, 2.05) is 67.8 Å². The van der Waals surface area contributed by atoms with E-state index in [-0.39, 0.29) is 29.5 Å². The van der Waals surface area contributed by atoms with Crippen LogP contribution in [-0.2, 0) is 11.3 Å². The molecule has 0 spiro atoms. The molecule has 1 aromatic heterocycles. The number of halogens is 1. The highest BCUT2D eigenvalue weighted by Gasteiger charge is 2.26. The summed E-state index contributed by atoms with van der Waals surface area (Å²) in [5.41, 5.74) is 1.19. The molecule has 36 heavy (non-hydrogen) atoms. The van der Waals surface area contributed by atoms with Crippen LogP contribution in [0.25, 0.3) is 10.8 Å². The molecule has 4 aromatic rings. The van der Waals surface area contributed by atoms with Crippen molar-refractivity contribution in [1.82, 2.24) is 20.1 Å². The summed E-state index contributed by atoms with van der Waals surface area (Å²) in [6.07, 6.45) is 0. The lowest BCUT2D eigenvalue weighted by atomic mass is 10.0. The maximum atomic E-state index is 12.9. The first kappa shape index (κ1) is 25.7. The number of hydrogen-bond donors (Lipinski definition) is 2. The van der Waals surface area contributed by atoms with Crippen molar-refractivity contribution in [3.05, 3.63) is 83.1 Å². The molecule has 0 aliphatic heterocycles. The van der Waals surface area contributed by atoms with Gasteiger partial charge in [-0.25, -0.2) is 0 Å². The monoisotopic (exact) mass is 521 g/mol. The van der Waals surface area contributed by atoms with Gasteiger partial charge >= 0.3 is 0 Å². The lowest BCUT2D eigenvalue weighted by molar-refractivity contribution is -0.113. The second kappa shape index (κ2) is 11.6. The molecule has 1 heterocycles. The van der Waals surface area contributed by atoms with Crippen LogP contribution in [0.4, 0.5) is 5.69 Å². The van der Waals surface area contributed by atoms with Crippen molar-refractivity contribution >= 4 is 51.6 Å². The van der Waals surface area contributed by atoms with Gasteiger partial charge in [0.25, 0.3) is 5.91 Å². The summed E-state index contributed by atoms with van der Waals surface area (Å²) >= 11 is 7.53. The van der Waals surface area contributed by atoms with Gasteiger partial charge in [-0.15, -0.1) is 10.2 Å². The van der Waals surface area contributed by atoms with E-state index in [9.17, 15) is 9.59 Å². The Labute approximate surface area is 219 Å². The third-order valence-corrected chi connectivity index (χ3v) is 7.10. The number of nitrogens with one attached hydrogen (secondary N) is 2. The summed E-state index contributed by atoms with van der Waals surface area (Å²) in [6.45, 7) is 6.61. The second-order valence-corrected chi connectivity index (χ2v) is 9.97. The van der Waals surface area contributed by atoms with Crippen molar-refractivity contribution in [2.75, 3.05) is 11.1 Å². The molecule has 0 bridgehead atoms. The smallest absolute Gasteiger partial charge is 0.253 e. The van der Waals surface area contributed by atoms with Crippen molar-refractivity contribution in [2.24, 2.45) is 5.92 Å². The van der Waals surface area contributed by atoms with E-state index >= 15 is 0 Å². The molecule has 0 aliphatic rings. The van der Waals surface area contributed by atoms with Crippen LogP contribution in [0, 0.1) is 5.92 Å². The molecule has 0 saturated heterocycles. The fraction of sp³-hybridized carbons (Fsp3) is 0.259. The lowest BCUT2D eigenvalue weighted by Gasteiger charge is -2.22. The quantitative estimate of drug-likeness (QED) is 0.265. The largest absolute Gasteiger partial charge is 0.342 e. The molecular weight excluding hydrogens is 494 g/mol. The summed E-state index contributed by atoms with van der Waals surface area (Å²) in [7, 11) is 0. The number of carbonyl (C=O) groups excluding carboxylic acids is 2. The predicted molar refractivity (Wildman–Crippen MR) is 145 cm³/mol. The average molecular weight is 522 g/mol. The Morgan fingerprint density at radius 2 is 1.72 bits per heavy atom. The second-order valence-electron chi connectivity index (χ2n) is 8.62. The zero-order valence-corrected chi connectivity index (χ0v) is 21.9. The minimum Gasteiger partial charge on any atom is -0.342 e. The van der Waals surface area contributed by atoms with Gasteiger partial charge < -0.3 is 15.2 Å². The SMILES string of the molecule is CCn1c(SCC(=O)Nc2cccc3ccccc23)nnc1[C@@H](NC(=O)c1ccccc1Cl)C(C)C. The Morgan fingerprint density at radius 1 is 1.00 bits per heavy atom. The van der Waals surface area contributed by atoms with Gasteiger partial charge in [0.1, 0.15) is 0 Å². The minimum atomic E-state index is -0.375. The molecule has 186 valence electrons. The maximum absolute atomic E-state index is 12.9. The van der Waals surface area contributed by atoms with E-state index in [0.29, 0.717) is 28.1 Å². The van der Waals surface area contributed by atoms with Gasteiger partial charge in [-0.2, -0.15) is 0 Å². The lowest BCUT2D eigenvalue weighted by Crippen LogP contribution is -2.34. The van der Waals surface area contributed by atoms with Gasteiger partial charge in [-0.3, -0.25) is 9.59 Å². The Bertz CT molecular complexity index is 1380. The summed E-state index contributed by atoms with van der Waals surface area (Å²) in [6, 6.07) is 20.3. The molecule has 0 unspecified atom stereocenters. The van der Waals surface area contributed by atoms with Crippen LogP contribution in [0.1, 0.15) is 43.0 Å². The molecule has 0 radical (unpaired) electrons. The number of thioether (sulfide) groups is 1. The van der Waals surface area contributed by atoms with Gasteiger partial charge in [0.15, 0.2) is 11.0 Å². The number of carbonyl (C=O) groups is 2. The molecule has 4 rings (SSSR count). The van der Waals surface area contributed by atoms with Crippen molar-refractivity contribution in [2.45, 2.75) is 38.5 Å². The van der Waals surface area contributed by atoms with Gasteiger partial charge in [-0.1, -0.05) is 85.7 Å². The highest BCUT2D eigenvalue weighted by Crippen LogP contribution is 2.27. The molecule has 3 aromatic carbocycles. The maximum Gasteiger partial charge on any atom is 0.253 e. The third kappa shape index (κ3) is 5.71. The van der Waals surface area contributed by atoms with Gasteiger partial charge in [0.2, 0.25) is 5.91 Å². The highest BCUT2D eigenvalue weighted by molar-refractivity contribution is 7.99. The van der Waals surface area contributed by atoms with Crippen LogP contribution in [0.5, 0.6) is 0 Å². The van der Waals surface area contributed by atoms with E-state index in [2.05, 4.69) is 20.8 Å². The van der Waals surface area contributed by atoms with Crippen molar-refractivity contribution in [1.29, 1.82) is 0 Å². The molecule has 1 atom stereocenters. The van der Waals surface area contributed by atoms with Gasteiger partial charge in [0, 0.05) is 17.6 Å². The van der Waals surface area contributed by atoms with Crippen molar-refractivity contribution in [3.63, 3.8) is 0 Å². The predicted octanol–water partition coefficient (Wildman–Crippen LogP) is 5.96. The highest BCUT2D eigenvalue weighted by atomic mass is 35.5. The zero-order chi connectivity index (χ0) is 25.7. The van der Waals surface area contributed by atoms with Crippen LogP contribution in [0.2, 0.25) is 5.02 Å². The Morgan fingerprint density at radius 3 is 2.47 bits per heavy atom. The molecule has 0 fully saturated rings. The van der Waals surface area contributed by atoms with E-state index in [4.69, 9.17) is 11.6 Å². The van der Waals surface area contributed by atoms with Gasteiger partial charge in [0.05, 0.1) is 22.4 Å². The van der Waals surface area contributed by atoms with Crippen molar-refractivity contribution in [3.8, 4) is 0 Å². The van der Waals surface area contributed by atoms with E-state index in [1.54, 1.807) is 24.3 Å². The number of amides is 2. The number of hydrogen-bond acceptors (Lipinski definition) is 5. The molecule has 0 aliphatic carbocycles. The molecule has 7 nitrogen and oxygen atoms in total. The van der Waals surface area contributed by atoms with E-state index in [1.165, 1.54) is 11.8 Å². The number of nitrogens with zero attached hydrogens (tertiary/aromatic N) is 3. The molecule has 9 heteroatoms. The Hall–Kier alpha value is -3.36. The van der Waals surface area contributed by atoms with Crippen LogP contribution in [0.3, 0.4) is 0 Å². The van der Waals surface area contributed by atoms with E-state index in [0.717, 1.165) is 16.5 Å². The molecular formula is C27H28ClN5O2S.